The van der Waals surface area contributed by atoms with Gasteiger partial charge in [-0.05, 0) is 79.5 Å². The van der Waals surface area contributed by atoms with Gasteiger partial charge < -0.3 is 10.0 Å². The average Bonchev–Trinajstić information content (AvgIpc) is 2.84. The third-order valence-corrected chi connectivity index (χ3v) is 8.79. The van der Waals surface area contributed by atoms with Crippen molar-refractivity contribution in [3.63, 3.8) is 0 Å². The quantitative estimate of drug-likeness (QED) is 0.386. The van der Waals surface area contributed by atoms with Crippen molar-refractivity contribution in [1.82, 2.24) is 9.80 Å². The smallest absolute Gasteiger partial charge is 0.227 e. The van der Waals surface area contributed by atoms with Gasteiger partial charge in [0.2, 0.25) is 5.91 Å². The van der Waals surface area contributed by atoms with Gasteiger partial charge >= 0.3 is 0 Å². The number of hydrogen-bond donors (Lipinski definition) is 1. The fraction of sp³-hybridized carbons (Fsp3) is 0.500. The van der Waals surface area contributed by atoms with Crippen molar-refractivity contribution >= 4 is 29.1 Å². The number of carbonyl (C=O) groups is 1. The summed E-state index contributed by atoms with van der Waals surface area (Å²) in [4.78, 5) is 18.3. The number of nitrogens with zero attached hydrogens (tertiary/aromatic N) is 2. The maximum absolute atomic E-state index is 13.7. The van der Waals surface area contributed by atoms with Gasteiger partial charge in [-0.25, -0.2) is 0 Å². The summed E-state index contributed by atoms with van der Waals surface area (Å²) < 4.78 is 0. The van der Waals surface area contributed by atoms with Crippen LogP contribution in [0.3, 0.4) is 0 Å². The molecule has 3 atom stereocenters. The van der Waals surface area contributed by atoms with Gasteiger partial charge in [0.05, 0.1) is 16.5 Å². The van der Waals surface area contributed by atoms with Crippen molar-refractivity contribution in [3.8, 4) is 5.75 Å². The maximum atomic E-state index is 13.7. The number of aromatic hydroxyl groups is 1. The summed E-state index contributed by atoms with van der Waals surface area (Å²) in [6.45, 7) is 11.9. The maximum Gasteiger partial charge on any atom is 0.227 e. The number of carbonyl (C=O) groups excluding carboxylic acids is 1. The fourth-order valence-electron chi connectivity index (χ4n) is 6.39. The van der Waals surface area contributed by atoms with Crippen molar-refractivity contribution in [3.05, 3.63) is 76.3 Å². The number of halogens is 2. The van der Waals surface area contributed by atoms with Gasteiger partial charge in [-0.1, -0.05) is 61.3 Å². The third kappa shape index (κ3) is 5.93. The minimum absolute atomic E-state index is 0.0571. The Kier molecular flexibility index (Phi) is 8.70. The lowest BCUT2D eigenvalue weighted by molar-refractivity contribution is -0.135. The minimum atomic E-state index is -0.0571. The summed E-state index contributed by atoms with van der Waals surface area (Å²) in [5, 5.41) is 11.3. The molecule has 0 radical (unpaired) electrons. The topological polar surface area (TPSA) is 43.8 Å². The summed E-state index contributed by atoms with van der Waals surface area (Å²) in [7, 11) is 0. The second-order valence-electron chi connectivity index (χ2n) is 11.0. The molecular weight excluding hydrogens is 491 g/mol. The number of likely N-dealkylation sites (tertiary alicyclic amines) is 1. The largest absolute Gasteiger partial charge is 0.508 e. The standard InChI is InChI=1S/C30H38Cl2N2O2/c1-4-13-33-14-12-30(23-6-5-7-26(35)17-23)18-25(10-9-24(30)20-33)34(19-21(2)3)29(36)16-22-8-11-27(31)28(32)15-22/h4-8,11,15,17,21,24-25,35H,1,9-10,12-14,16,18-20H2,2-3H3/t24-,25+,30+/m1/s1. The molecule has 194 valence electrons. The lowest BCUT2D eigenvalue weighted by atomic mass is 9.57. The summed E-state index contributed by atoms with van der Waals surface area (Å²) >= 11 is 12.3. The van der Waals surface area contributed by atoms with E-state index in [0.29, 0.717) is 34.1 Å². The highest BCUT2D eigenvalue weighted by atomic mass is 35.5. The Morgan fingerprint density at radius 2 is 2.03 bits per heavy atom. The molecule has 2 aromatic carbocycles. The Morgan fingerprint density at radius 1 is 1.22 bits per heavy atom. The van der Waals surface area contributed by atoms with E-state index in [1.54, 1.807) is 18.2 Å². The zero-order valence-corrected chi connectivity index (χ0v) is 22.9. The lowest BCUT2D eigenvalue weighted by Crippen LogP contribution is -2.57. The molecule has 6 heteroatoms. The van der Waals surface area contributed by atoms with Crippen LogP contribution in [0, 0.1) is 11.8 Å². The summed E-state index contributed by atoms with van der Waals surface area (Å²) in [5.74, 6) is 1.30. The van der Waals surface area contributed by atoms with Crippen LogP contribution in [0.4, 0.5) is 0 Å². The van der Waals surface area contributed by atoms with Gasteiger partial charge in [0, 0.05) is 31.1 Å². The number of rotatable bonds is 8. The van der Waals surface area contributed by atoms with Gasteiger partial charge in [-0.3, -0.25) is 9.69 Å². The van der Waals surface area contributed by atoms with E-state index in [9.17, 15) is 9.90 Å². The molecule has 0 aromatic heterocycles. The average molecular weight is 530 g/mol. The zero-order valence-electron chi connectivity index (χ0n) is 21.4. The molecule has 2 fully saturated rings. The SMILES string of the molecule is C=CCN1CC[C@@]2(c3cccc(O)c3)C[C@@H](N(CC(C)C)C(=O)Cc3ccc(Cl)c(Cl)c3)CC[C@@H]2C1. The third-order valence-electron chi connectivity index (χ3n) is 8.05. The van der Waals surface area contributed by atoms with E-state index in [0.717, 1.165) is 57.4 Å². The molecule has 1 amide bonds. The molecule has 1 aliphatic heterocycles. The van der Waals surface area contributed by atoms with E-state index in [-0.39, 0.29) is 17.4 Å². The molecule has 1 saturated heterocycles. The number of benzene rings is 2. The first-order chi connectivity index (χ1) is 17.2. The van der Waals surface area contributed by atoms with Crippen LogP contribution < -0.4 is 0 Å². The van der Waals surface area contributed by atoms with Crippen LogP contribution in [0.25, 0.3) is 0 Å². The van der Waals surface area contributed by atoms with Crippen LogP contribution >= 0.6 is 23.2 Å². The second kappa shape index (κ2) is 11.6. The van der Waals surface area contributed by atoms with Gasteiger partial charge in [-0.2, -0.15) is 0 Å². The molecule has 36 heavy (non-hydrogen) atoms. The van der Waals surface area contributed by atoms with Crippen LogP contribution in [-0.4, -0.2) is 53.0 Å². The monoisotopic (exact) mass is 528 g/mol. The molecule has 2 aromatic rings. The molecule has 4 rings (SSSR count). The first kappa shape index (κ1) is 27.0. The first-order valence-corrected chi connectivity index (χ1v) is 13.8. The Hall–Kier alpha value is -2.01. The van der Waals surface area contributed by atoms with Gasteiger partial charge in [0.15, 0.2) is 0 Å². The van der Waals surface area contributed by atoms with E-state index in [4.69, 9.17) is 23.2 Å². The first-order valence-electron chi connectivity index (χ1n) is 13.1. The molecule has 1 heterocycles. The van der Waals surface area contributed by atoms with Crippen LogP contribution in [0.2, 0.25) is 10.0 Å². The molecular formula is C30H38Cl2N2O2. The number of fused-ring (bicyclic) bond motifs is 1. The molecule has 1 N–H and O–H groups in total. The van der Waals surface area contributed by atoms with Crippen molar-refractivity contribution in [2.24, 2.45) is 11.8 Å². The molecule has 4 nitrogen and oxygen atoms in total. The van der Waals surface area contributed by atoms with E-state index in [2.05, 4.69) is 36.3 Å². The predicted molar refractivity (Wildman–Crippen MR) is 149 cm³/mol. The van der Waals surface area contributed by atoms with Crippen molar-refractivity contribution < 1.29 is 9.90 Å². The van der Waals surface area contributed by atoms with E-state index >= 15 is 0 Å². The van der Waals surface area contributed by atoms with Gasteiger partial charge in [0.25, 0.3) is 0 Å². The fourth-order valence-corrected chi connectivity index (χ4v) is 6.71. The summed E-state index contributed by atoms with van der Waals surface area (Å²) in [6, 6.07) is 13.4. The highest BCUT2D eigenvalue weighted by Gasteiger charge is 2.49. The summed E-state index contributed by atoms with van der Waals surface area (Å²) in [6.07, 6.45) is 6.29. The molecule has 0 bridgehead atoms. The van der Waals surface area contributed by atoms with Crippen LogP contribution in [-0.2, 0) is 16.6 Å². The summed E-state index contributed by atoms with van der Waals surface area (Å²) in [5.41, 5.74) is 2.03. The number of piperidine rings is 1. The zero-order chi connectivity index (χ0) is 25.9. The van der Waals surface area contributed by atoms with Crippen LogP contribution in [0.15, 0.2) is 55.1 Å². The Balaban J connectivity index is 1.63. The molecule has 0 spiro atoms. The molecule has 2 aliphatic rings. The van der Waals surface area contributed by atoms with Crippen molar-refractivity contribution in [1.29, 1.82) is 0 Å². The highest BCUT2D eigenvalue weighted by molar-refractivity contribution is 6.42. The lowest BCUT2D eigenvalue weighted by Gasteiger charge is -2.54. The predicted octanol–water partition coefficient (Wildman–Crippen LogP) is 6.72. The highest BCUT2D eigenvalue weighted by Crippen LogP contribution is 2.50. The molecule has 1 aliphatic carbocycles. The Labute approximate surface area is 225 Å². The van der Waals surface area contributed by atoms with Crippen LogP contribution in [0.1, 0.15) is 50.7 Å². The minimum Gasteiger partial charge on any atom is -0.508 e. The van der Waals surface area contributed by atoms with E-state index in [1.165, 1.54) is 5.56 Å². The number of amides is 1. The Morgan fingerprint density at radius 3 is 2.72 bits per heavy atom. The molecule has 0 unspecified atom stereocenters. The normalized spacial score (nSPS) is 24.4. The van der Waals surface area contributed by atoms with E-state index < -0.39 is 0 Å². The Bertz CT molecular complexity index is 1090. The van der Waals surface area contributed by atoms with Crippen molar-refractivity contribution in [2.75, 3.05) is 26.2 Å². The number of hydrogen-bond acceptors (Lipinski definition) is 3. The van der Waals surface area contributed by atoms with Gasteiger partial charge in [0.1, 0.15) is 5.75 Å². The second-order valence-corrected chi connectivity index (χ2v) is 11.8. The molecule has 1 saturated carbocycles. The van der Waals surface area contributed by atoms with Crippen LogP contribution in [0.5, 0.6) is 5.75 Å². The van der Waals surface area contributed by atoms with Gasteiger partial charge in [-0.15, -0.1) is 6.58 Å². The number of phenols is 1. The van der Waals surface area contributed by atoms with E-state index in [1.807, 2.05) is 24.3 Å². The number of phenolic OH excluding ortho intramolecular Hbond substituents is 1. The van der Waals surface area contributed by atoms with Crippen molar-refractivity contribution in [2.45, 2.75) is 57.4 Å².